The summed E-state index contributed by atoms with van der Waals surface area (Å²) in [4.78, 5) is 36.3. The molecule has 1 atom stereocenters. The van der Waals surface area contributed by atoms with Crippen molar-refractivity contribution < 1.29 is 9.59 Å². The van der Waals surface area contributed by atoms with Crippen LogP contribution in [0.3, 0.4) is 0 Å². The quantitative estimate of drug-likeness (QED) is 0.680. The lowest BCUT2D eigenvalue weighted by Crippen LogP contribution is -2.44. The van der Waals surface area contributed by atoms with Gasteiger partial charge in [-0.05, 0) is 31.5 Å². The number of piperidine rings is 1. The van der Waals surface area contributed by atoms with Gasteiger partial charge in [0.25, 0.3) is 0 Å². The van der Waals surface area contributed by atoms with Crippen LogP contribution >= 0.6 is 0 Å². The molecule has 1 unspecified atom stereocenters. The maximum atomic E-state index is 12.7. The van der Waals surface area contributed by atoms with E-state index in [-0.39, 0.29) is 18.0 Å². The molecule has 2 amide bonds. The number of H-pyrrole nitrogens is 1. The number of carbonyl (C=O) groups excluding carboxylic acids is 2. The van der Waals surface area contributed by atoms with Gasteiger partial charge in [0.2, 0.25) is 11.8 Å². The first-order chi connectivity index (χ1) is 12.0. The van der Waals surface area contributed by atoms with Crippen LogP contribution in [0, 0.1) is 6.92 Å². The number of fused-ring (bicyclic) bond motifs is 1. The lowest BCUT2D eigenvalue weighted by Gasteiger charge is -2.21. The summed E-state index contributed by atoms with van der Waals surface area (Å²) in [6.45, 7) is 1.92. The normalized spacial score (nSPS) is 17.9. The molecule has 1 aliphatic heterocycles. The molecule has 8 heteroatoms. The summed E-state index contributed by atoms with van der Waals surface area (Å²) in [6.07, 6.45) is 0.549. The molecule has 1 saturated heterocycles. The average molecular weight is 339 g/mol. The monoisotopic (exact) mass is 339 g/mol. The molecule has 4 rings (SSSR count). The zero-order valence-corrected chi connectivity index (χ0v) is 13.9. The Hall–Kier alpha value is -3.16. The van der Waals surface area contributed by atoms with Gasteiger partial charge in [-0.25, -0.2) is 4.79 Å². The summed E-state index contributed by atoms with van der Waals surface area (Å²) < 4.78 is 2.98. The van der Waals surface area contributed by atoms with E-state index in [2.05, 4.69) is 15.5 Å². The van der Waals surface area contributed by atoms with Gasteiger partial charge >= 0.3 is 5.69 Å². The van der Waals surface area contributed by atoms with Gasteiger partial charge in [0.05, 0.1) is 16.7 Å². The second-order valence-corrected chi connectivity index (χ2v) is 6.32. The average Bonchev–Trinajstić information content (AvgIpc) is 3.11. The Kier molecular flexibility index (Phi) is 3.34. The molecule has 2 N–H and O–H groups in total. The van der Waals surface area contributed by atoms with E-state index >= 15 is 0 Å². The fourth-order valence-corrected chi connectivity index (χ4v) is 3.32. The van der Waals surface area contributed by atoms with E-state index < -0.39 is 11.9 Å². The molecule has 1 aromatic carbocycles. The Morgan fingerprint density at radius 3 is 2.64 bits per heavy atom. The van der Waals surface area contributed by atoms with Crippen LogP contribution in [0.15, 0.2) is 29.1 Å². The third-order valence-electron chi connectivity index (χ3n) is 4.61. The molecule has 3 aromatic rings. The highest BCUT2D eigenvalue weighted by Gasteiger charge is 2.31. The minimum Gasteiger partial charge on any atom is -0.295 e. The number of nitrogens with zero attached hydrogens (tertiary/aromatic N) is 3. The highest BCUT2D eigenvalue weighted by Crippen LogP contribution is 2.26. The predicted molar refractivity (Wildman–Crippen MR) is 90.9 cm³/mol. The fourth-order valence-electron chi connectivity index (χ4n) is 3.32. The summed E-state index contributed by atoms with van der Waals surface area (Å²) in [6, 6.07) is 6.83. The number of aromatic amines is 1. The third-order valence-corrected chi connectivity index (χ3v) is 4.61. The number of aromatic nitrogens is 4. The number of benzene rings is 1. The largest absolute Gasteiger partial charge is 0.329 e. The maximum Gasteiger partial charge on any atom is 0.329 e. The number of amides is 2. The van der Waals surface area contributed by atoms with Crippen molar-refractivity contribution in [2.24, 2.45) is 7.05 Å². The number of rotatable bonds is 2. The minimum atomic E-state index is -0.674. The van der Waals surface area contributed by atoms with Crippen molar-refractivity contribution in [1.29, 1.82) is 0 Å². The zero-order chi connectivity index (χ0) is 17.7. The number of aryl methyl sites for hydroxylation is 2. The molecule has 1 aliphatic rings. The second kappa shape index (κ2) is 5.44. The van der Waals surface area contributed by atoms with E-state index in [1.807, 2.05) is 31.2 Å². The molecule has 8 nitrogen and oxygen atoms in total. The smallest absolute Gasteiger partial charge is 0.295 e. The van der Waals surface area contributed by atoms with Gasteiger partial charge in [-0.15, -0.1) is 0 Å². The van der Waals surface area contributed by atoms with Crippen LogP contribution in [0.1, 0.15) is 24.6 Å². The van der Waals surface area contributed by atoms with Crippen LogP contribution in [0.5, 0.6) is 0 Å². The van der Waals surface area contributed by atoms with E-state index in [0.29, 0.717) is 17.5 Å². The standard InChI is InChI=1S/C17H17N5O3/c1-9-7-11(20-19-9)10-3-4-12-14(8-10)21(2)17(25)22(12)13-5-6-15(23)18-16(13)24/h3-4,7-8,13H,5-6H2,1-2H3,(H,19,20)(H,18,23,24). The van der Waals surface area contributed by atoms with Gasteiger partial charge in [0.15, 0.2) is 0 Å². The van der Waals surface area contributed by atoms with Gasteiger partial charge < -0.3 is 0 Å². The van der Waals surface area contributed by atoms with Crippen LogP contribution in [-0.4, -0.2) is 31.1 Å². The molecule has 1 fully saturated rings. The zero-order valence-electron chi connectivity index (χ0n) is 13.9. The molecule has 128 valence electrons. The molecule has 0 saturated carbocycles. The number of carbonyl (C=O) groups is 2. The number of nitrogens with one attached hydrogen (secondary N) is 2. The third kappa shape index (κ3) is 2.37. The van der Waals surface area contributed by atoms with Crippen molar-refractivity contribution in [1.82, 2.24) is 24.6 Å². The number of imide groups is 1. The van der Waals surface area contributed by atoms with E-state index in [1.54, 1.807) is 7.05 Å². The minimum absolute atomic E-state index is 0.226. The fraction of sp³-hybridized carbons (Fsp3) is 0.294. The van der Waals surface area contributed by atoms with E-state index in [4.69, 9.17) is 0 Å². The van der Waals surface area contributed by atoms with Crippen molar-refractivity contribution in [3.05, 3.63) is 40.4 Å². The molecular weight excluding hydrogens is 322 g/mol. The van der Waals surface area contributed by atoms with Gasteiger partial charge in [-0.3, -0.25) is 29.1 Å². The molecule has 0 bridgehead atoms. The highest BCUT2D eigenvalue weighted by atomic mass is 16.2. The van der Waals surface area contributed by atoms with Crippen molar-refractivity contribution in [3.8, 4) is 11.3 Å². The molecular formula is C17H17N5O3. The Morgan fingerprint density at radius 1 is 1.16 bits per heavy atom. The van der Waals surface area contributed by atoms with Crippen LogP contribution in [0.2, 0.25) is 0 Å². The summed E-state index contributed by atoms with van der Waals surface area (Å²) >= 11 is 0. The van der Waals surface area contributed by atoms with Gasteiger partial charge in [-0.1, -0.05) is 6.07 Å². The van der Waals surface area contributed by atoms with Crippen molar-refractivity contribution >= 4 is 22.8 Å². The lowest BCUT2D eigenvalue weighted by molar-refractivity contribution is -0.135. The SMILES string of the molecule is Cc1cc(-c2ccc3c(c2)n(C)c(=O)n3C2CCC(=O)NC2=O)n[nH]1. The van der Waals surface area contributed by atoms with Crippen LogP contribution in [0.4, 0.5) is 0 Å². The second-order valence-electron chi connectivity index (χ2n) is 6.32. The van der Waals surface area contributed by atoms with E-state index in [9.17, 15) is 14.4 Å². The number of hydrogen-bond acceptors (Lipinski definition) is 4. The Morgan fingerprint density at radius 2 is 1.96 bits per heavy atom. The van der Waals surface area contributed by atoms with Crippen LogP contribution in [-0.2, 0) is 16.6 Å². The Bertz CT molecular complexity index is 1070. The van der Waals surface area contributed by atoms with Crippen molar-refractivity contribution in [2.75, 3.05) is 0 Å². The van der Waals surface area contributed by atoms with Crippen molar-refractivity contribution in [3.63, 3.8) is 0 Å². The number of hydrogen-bond donors (Lipinski definition) is 2. The van der Waals surface area contributed by atoms with Gasteiger partial charge in [-0.2, -0.15) is 5.10 Å². The van der Waals surface area contributed by atoms with E-state index in [0.717, 1.165) is 17.0 Å². The van der Waals surface area contributed by atoms with Gasteiger partial charge in [0.1, 0.15) is 6.04 Å². The highest BCUT2D eigenvalue weighted by molar-refractivity contribution is 6.00. The summed E-state index contributed by atoms with van der Waals surface area (Å²) in [7, 11) is 1.67. The molecule has 0 aliphatic carbocycles. The van der Waals surface area contributed by atoms with E-state index in [1.165, 1.54) is 9.13 Å². The topological polar surface area (TPSA) is 102 Å². The van der Waals surface area contributed by atoms with Crippen LogP contribution in [0.25, 0.3) is 22.3 Å². The maximum absolute atomic E-state index is 12.7. The Labute approximate surface area is 142 Å². The van der Waals surface area contributed by atoms with Crippen molar-refractivity contribution in [2.45, 2.75) is 25.8 Å². The van der Waals surface area contributed by atoms with Gasteiger partial charge in [0, 0.05) is 24.7 Å². The molecule has 3 heterocycles. The molecule has 0 radical (unpaired) electrons. The molecule has 2 aromatic heterocycles. The molecule has 0 spiro atoms. The lowest BCUT2D eigenvalue weighted by atomic mass is 10.1. The number of imidazole rings is 1. The predicted octanol–water partition coefficient (Wildman–Crippen LogP) is 1.02. The first-order valence-corrected chi connectivity index (χ1v) is 8.03. The Balaban J connectivity index is 1.87. The summed E-state index contributed by atoms with van der Waals surface area (Å²) in [5.74, 6) is -0.733. The first kappa shape index (κ1) is 15.4. The summed E-state index contributed by atoms with van der Waals surface area (Å²) in [5, 5.41) is 9.45. The van der Waals surface area contributed by atoms with Crippen LogP contribution < -0.4 is 11.0 Å². The first-order valence-electron chi connectivity index (χ1n) is 8.03. The molecule has 25 heavy (non-hydrogen) atoms. The summed E-state index contributed by atoms with van der Waals surface area (Å²) in [5.41, 5.74) is 3.73.